The van der Waals surface area contributed by atoms with E-state index in [0.29, 0.717) is 22.4 Å². The number of imidazole rings is 1. The Balaban J connectivity index is 1.80. The van der Waals surface area contributed by atoms with E-state index in [0.717, 1.165) is 0 Å². The first-order valence-electron chi connectivity index (χ1n) is 7.90. The number of hydrogen-bond donors (Lipinski definition) is 0. The first-order valence-corrected chi connectivity index (χ1v) is 10.7. The lowest BCUT2D eigenvalue weighted by atomic mass is 10.2. The Labute approximate surface area is 167 Å². The van der Waals surface area contributed by atoms with E-state index < -0.39 is 21.3 Å². The molecule has 0 spiro atoms. The van der Waals surface area contributed by atoms with E-state index in [1.54, 1.807) is 30.3 Å². The van der Waals surface area contributed by atoms with Crippen molar-refractivity contribution in [3.8, 4) is 10.8 Å². The zero-order chi connectivity index (χ0) is 19.9. The maximum Gasteiger partial charge on any atom is 0.291 e. The Kier molecular flexibility index (Phi) is 4.86. The van der Waals surface area contributed by atoms with Gasteiger partial charge in [0.05, 0.1) is 27.4 Å². The van der Waals surface area contributed by atoms with Crippen molar-refractivity contribution in [1.82, 2.24) is 19.6 Å². The summed E-state index contributed by atoms with van der Waals surface area (Å²) in [5.41, 5.74) is 1.07. The first-order chi connectivity index (χ1) is 13.3. The van der Waals surface area contributed by atoms with Crippen LogP contribution in [0.4, 0.5) is 8.78 Å². The van der Waals surface area contributed by atoms with Gasteiger partial charge >= 0.3 is 0 Å². The normalized spacial score (nSPS) is 12.1. The smallest absolute Gasteiger partial charge is 0.291 e. The number of benzene rings is 1. The standard InChI is InChI=1S/C17H11ClF2N4O2S2/c18-12-6-11(28(25,26)9-10-4-2-1-3-5-10)8-24-13(12)7-21-15(24)17-23-22-16(27-17)14(19)20/h1-8,14H,9H2. The van der Waals surface area contributed by atoms with Gasteiger partial charge in [-0.05, 0) is 11.6 Å². The first kappa shape index (κ1) is 18.9. The largest absolute Gasteiger partial charge is 0.295 e. The van der Waals surface area contributed by atoms with Gasteiger partial charge in [-0.15, -0.1) is 10.2 Å². The third-order valence-electron chi connectivity index (χ3n) is 3.94. The fraction of sp³-hybridized carbons (Fsp3) is 0.118. The van der Waals surface area contributed by atoms with Gasteiger partial charge in [-0.2, -0.15) is 0 Å². The van der Waals surface area contributed by atoms with Crippen molar-refractivity contribution in [2.24, 2.45) is 0 Å². The van der Waals surface area contributed by atoms with E-state index in [1.165, 1.54) is 22.9 Å². The molecule has 0 amide bonds. The Morgan fingerprint density at radius 2 is 1.93 bits per heavy atom. The van der Waals surface area contributed by atoms with Crippen LogP contribution < -0.4 is 0 Å². The minimum absolute atomic E-state index is 0.00768. The predicted octanol–water partition coefficient (Wildman–Crippen LogP) is 4.42. The van der Waals surface area contributed by atoms with Gasteiger partial charge in [-0.25, -0.2) is 22.2 Å². The monoisotopic (exact) mass is 440 g/mol. The zero-order valence-electron chi connectivity index (χ0n) is 14.0. The fourth-order valence-corrected chi connectivity index (χ4v) is 5.03. The van der Waals surface area contributed by atoms with Crippen LogP contribution in [0.2, 0.25) is 5.02 Å². The molecule has 0 aliphatic heterocycles. The van der Waals surface area contributed by atoms with E-state index in [4.69, 9.17) is 11.6 Å². The second kappa shape index (κ2) is 7.19. The highest BCUT2D eigenvalue weighted by atomic mass is 35.5. The summed E-state index contributed by atoms with van der Waals surface area (Å²) in [6.07, 6.45) is 0.0443. The number of sulfone groups is 1. The molecule has 0 atom stereocenters. The van der Waals surface area contributed by atoms with E-state index in [2.05, 4.69) is 15.2 Å². The summed E-state index contributed by atoms with van der Waals surface area (Å²) < 4.78 is 52.7. The van der Waals surface area contributed by atoms with E-state index in [9.17, 15) is 17.2 Å². The number of nitrogens with zero attached hydrogens (tertiary/aromatic N) is 4. The summed E-state index contributed by atoms with van der Waals surface area (Å²) in [6.45, 7) is 0. The highest BCUT2D eigenvalue weighted by Gasteiger charge is 2.22. The molecule has 0 unspecified atom stereocenters. The molecule has 4 rings (SSSR count). The van der Waals surface area contributed by atoms with Crippen molar-refractivity contribution in [2.75, 3.05) is 0 Å². The number of halogens is 3. The predicted molar refractivity (Wildman–Crippen MR) is 101 cm³/mol. The molecule has 4 aromatic rings. The van der Waals surface area contributed by atoms with E-state index in [1.807, 2.05) is 0 Å². The maximum absolute atomic E-state index is 12.8. The van der Waals surface area contributed by atoms with Gasteiger partial charge in [-0.1, -0.05) is 53.3 Å². The van der Waals surface area contributed by atoms with Gasteiger partial charge in [0.25, 0.3) is 6.43 Å². The molecular formula is C17H11ClF2N4O2S2. The van der Waals surface area contributed by atoms with Crippen LogP contribution in [-0.4, -0.2) is 28.0 Å². The van der Waals surface area contributed by atoms with Crippen LogP contribution in [-0.2, 0) is 15.6 Å². The van der Waals surface area contributed by atoms with Gasteiger partial charge < -0.3 is 0 Å². The van der Waals surface area contributed by atoms with Crippen molar-refractivity contribution in [3.63, 3.8) is 0 Å². The molecular weight excluding hydrogens is 430 g/mol. The summed E-state index contributed by atoms with van der Waals surface area (Å²) in [5.74, 6) is -0.00770. The number of fused-ring (bicyclic) bond motifs is 1. The van der Waals surface area contributed by atoms with Crippen LogP contribution in [0.15, 0.2) is 53.7 Å². The quantitative estimate of drug-likeness (QED) is 0.459. The van der Waals surface area contributed by atoms with Crippen LogP contribution in [0, 0.1) is 0 Å². The molecule has 3 aromatic heterocycles. The lowest BCUT2D eigenvalue weighted by Crippen LogP contribution is -2.06. The molecule has 0 saturated heterocycles. The minimum atomic E-state index is -3.70. The number of pyridine rings is 1. The summed E-state index contributed by atoms with van der Waals surface area (Å²) in [4.78, 5) is 4.15. The van der Waals surface area contributed by atoms with Crippen LogP contribution in [0.1, 0.15) is 17.0 Å². The third-order valence-corrected chi connectivity index (χ3v) is 6.83. The van der Waals surface area contributed by atoms with Crippen molar-refractivity contribution < 1.29 is 17.2 Å². The second-order valence-corrected chi connectivity index (χ2v) is 9.26. The van der Waals surface area contributed by atoms with E-state index >= 15 is 0 Å². The number of hydrogen-bond acceptors (Lipinski definition) is 6. The molecule has 0 aliphatic rings. The van der Waals surface area contributed by atoms with Crippen LogP contribution in [0.3, 0.4) is 0 Å². The van der Waals surface area contributed by atoms with Gasteiger partial charge in [-0.3, -0.25) is 4.40 Å². The van der Waals surface area contributed by atoms with Gasteiger partial charge in [0.15, 0.2) is 25.7 Å². The molecule has 11 heteroatoms. The number of aromatic nitrogens is 4. The second-order valence-electron chi connectivity index (χ2n) is 5.85. The number of alkyl halides is 2. The Bertz CT molecular complexity index is 1260. The van der Waals surface area contributed by atoms with Crippen LogP contribution in [0.5, 0.6) is 0 Å². The van der Waals surface area contributed by atoms with Crippen molar-refractivity contribution >= 4 is 38.3 Å². The molecule has 0 radical (unpaired) electrons. The molecule has 0 bridgehead atoms. The zero-order valence-corrected chi connectivity index (χ0v) is 16.3. The molecule has 28 heavy (non-hydrogen) atoms. The molecule has 0 saturated carbocycles. The Hall–Kier alpha value is -2.43. The molecule has 3 heterocycles. The van der Waals surface area contributed by atoms with Gasteiger partial charge in [0, 0.05) is 6.20 Å². The Morgan fingerprint density at radius 3 is 2.61 bits per heavy atom. The molecule has 0 aliphatic carbocycles. The molecule has 0 N–H and O–H groups in total. The van der Waals surface area contributed by atoms with Gasteiger partial charge in [0.1, 0.15) is 0 Å². The summed E-state index contributed by atoms with van der Waals surface area (Å²) >= 11 is 6.94. The summed E-state index contributed by atoms with van der Waals surface area (Å²) in [6, 6.07) is 10.1. The van der Waals surface area contributed by atoms with Crippen molar-refractivity contribution in [3.05, 3.63) is 64.4 Å². The summed E-state index contributed by atoms with van der Waals surface area (Å²) in [5, 5.41) is 7.05. The van der Waals surface area contributed by atoms with Crippen LogP contribution >= 0.6 is 22.9 Å². The third kappa shape index (κ3) is 3.50. The van der Waals surface area contributed by atoms with Crippen molar-refractivity contribution in [2.45, 2.75) is 17.1 Å². The topological polar surface area (TPSA) is 77.2 Å². The average molecular weight is 441 g/mol. The molecule has 6 nitrogen and oxygen atoms in total. The van der Waals surface area contributed by atoms with Crippen LogP contribution in [0.25, 0.3) is 16.3 Å². The van der Waals surface area contributed by atoms with Crippen molar-refractivity contribution in [1.29, 1.82) is 0 Å². The molecule has 1 aromatic carbocycles. The minimum Gasteiger partial charge on any atom is -0.295 e. The molecule has 144 valence electrons. The maximum atomic E-state index is 12.8. The lowest BCUT2D eigenvalue weighted by molar-refractivity contribution is 0.150. The average Bonchev–Trinajstić information content (AvgIpc) is 3.29. The SMILES string of the molecule is O=S(=O)(Cc1ccccc1)c1cc(Cl)c2cnc(-c3nnc(C(F)F)s3)n2c1. The highest BCUT2D eigenvalue weighted by Crippen LogP contribution is 2.32. The Morgan fingerprint density at radius 1 is 1.18 bits per heavy atom. The fourth-order valence-electron chi connectivity index (χ4n) is 2.65. The summed E-state index contributed by atoms with van der Waals surface area (Å²) in [7, 11) is -3.70. The lowest BCUT2D eigenvalue weighted by Gasteiger charge is -2.08. The molecule has 0 fully saturated rings. The highest BCUT2D eigenvalue weighted by molar-refractivity contribution is 7.90. The van der Waals surface area contributed by atoms with E-state index in [-0.39, 0.29) is 26.5 Å². The van der Waals surface area contributed by atoms with Gasteiger partial charge in [0.2, 0.25) is 0 Å². The number of rotatable bonds is 5.